The van der Waals surface area contributed by atoms with E-state index in [1.165, 1.54) is 0 Å². The summed E-state index contributed by atoms with van der Waals surface area (Å²) >= 11 is 8.17. The molecule has 0 spiro atoms. The van der Waals surface area contributed by atoms with E-state index in [1.54, 1.807) is 12.5 Å². The van der Waals surface area contributed by atoms with Crippen LogP contribution in [0.25, 0.3) is 0 Å². The molecule has 0 nitrogen and oxygen atoms in total. The van der Waals surface area contributed by atoms with E-state index in [0.29, 0.717) is 0 Å². The third kappa shape index (κ3) is 207. The van der Waals surface area contributed by atoms with Crippen LogP contribution in [-0.2, 0) is 134 Å². The second kappa shape index (κ2) is 238. The van der Waals surface area contributed by atoms with Gasteiger partial charge in [-0.3, -0.25) is 0 Å². The first-order valence-corrected chi connectivity index (χ1v) is 2.45. The summed E-state index contributed by atoms with van der Waals surface area (Å²) in [6.07, 6.45) is 3.17. The summed E-state index contributed by atoms with van der Waals surface area (Å²) < 4.78 is 0. The molecule has 9 heteroatoms. The molecule has 0 unspecified atom stereocenters. The van der Waals surface area contributed by atoms with Crippen LogP contribution < -0.4 is 0 Å². The van der Waals surface area contributed by atoms with E-state index in [9.17, 15) is 0 Å². The molecule has 0 saturated carbocycles. The molecule has 0 N–H and O–H groups in total. The Bertz CT molecular complexity index is 22.6. The van der Waals surface area contributed by atoms with Crippen LogP contribution in [0.4, 0.5) is 0 Å². The Labute approximate surface area is 160 Å². The van der Waals surface area contributed by atoms with Crippen LogP contribution in [0.15, 0.2) is 0 Å². The minimum Gasteiger partial charge on any atom is -0.813 e. The van der Waals surface area contributed by atoms with Crippen molar-refractivity contribution in [2.45, 2.75) is 0 Å². The van der Waals surface area contributed by atoms with E-state index >= 15 is 0 Å². The zero-order chi connectivity index (χ0) is 4.00. The second-order valence-corrected chi connectivity index (χ2v) is 0. The fraction of sp³-hybridized carbons (Fsp3) is 0.500. The van der Waals surface area contributed by atoms with Gasteiger partial charge in [-0.1, -0.05) is 0 Å². The van der Waals surface area contributed by atoms with Crippen LogP contribution in [-0.4, -0.2) is 12.5 Å². The number of hydrogen-bond acceptors (Lipinski definition) is 6. The molecule has 0 aromatic carbocycles. The SMILES string of the molecule is C[S-].C[S-].[CH3-].[CH3-].[Cu+2].[Cu+2].[Mo+4].[SH-].[SH-].[SH-].[SH-]. The van der Waals surface area contributed by atoms with Gasteiger partial charge in [-0.15, -0.1) is 0 Å². The first-order valence-electron chi connectivity index (χ1n) is 0.816. The predicted octanol–water partition coefficient (Wildman–Crippen LogP) is 0.139. The molecule has 13 heavy (non-hydrogen) atoms. The van der Waals surface area contributed by atoms with Gasteiger partial charge in [0.2, 0.25) is 0 Å². The summed E-state index contributed by atoms with van der Waals surface area (Å²) in [6, 6.07) is 0. The van der Waals surface area contributed by atoms with Crippen molar-refractivity contribution >= 4 is 79.2 Å². The van der Waals surface area contributed by atoms with Crippen molar-refractivity contribution in [3.63, 3.8) is 0 Å². The van der Waals surface area contributed by atoms with Crippen molar-refractivity contribution in [2.24, 2.45) is 0 Å². The van der Waals surface area contributed by atoms with Crippen LogP contribution in [0.5, 0.6) is 0 Å². The fourth-order valence-electron chi connectivity index (χ4n) is 0. The Kier molecular flexibility index (Phi) is 2270. The summed E-state index contributed by atoms with van der Waals surface area (Å²) in [4.78, 5) is 0. The van der Waals surface area contributed by atoms with Crippen LogP contribution in [0.2, 0.25) is 0 Å². The molecule has 0 aromatic rings. The third-order valence-electron chi connectivity index (χ3n) is 0. The standard InChI is InChI=1S/2CH4S.2CH3.2Cu.Mo.4H2S/c2*1-2;;;;;;;;;/h2*2H,1H3;2*1H3;;;;4*1H2/q;;2*-1;2*+2;+4;;;;/p-6. The van der Waals surface area contributed by atoms with E-state index in [1.807, 2.05) is 0 Å². The van der Waals surface area contributed by atoms with Crippen LogP contribution in [0, 0.1) is 14.9 Å². The maximum absolute atomic E-state index is 4.08. The minimum atomic E-state index is 0. The quantitative estimate of drug-likeness (QED) is 0.208. The van der Waals surface area contributed by atoms with Crippen molar-refractivity contribution in [3.05, 3.63) is 14.9 Å². The number of thiol groups is 4. The molecule has 0 heterocycles. The van der Waals surface area contributed by atoms with E-state index < -0.39 is 0 Å². The molecule has 0 amide bonds. The molecular formula is C4H16Cu2MoS6. The molecule has 0 saturated heterocycles. The Morgan fingerprint density at radius 3 is 0.538 bits per heavy atom. The Morgan fingerprint density at radius 2 is 0.538 bits per heavy atom. The van der Waals surface area contributed by atoms with Crippen molar-refractivity contribution in [3.8, 4) is 0 Å². The van der Waals surface area contributed by atoms with E-state index in [0.717, 1.165) is 0 Å². The van der Waals surface area contributed by atoms with Crippen molar-refractivity contribution < 1.29 is 55.2 Å². The van der Waals surface area contributed by atoms with Crippen LogP contribution >= 0.6 is 0 Å². The zero-order valence-electron chi connectivity index (χ0n) is 7.62. The average molecular weight is 480 g/mol. The fourth-order valence-corrected chi connectivity index (χ4v) is 0. The van der Waals surface area contributed by atoms with Crippen LogP contribution in [0.3, 0.4) is 0 Å². The normalized spacial score (nSPS) is 0.923. The molecule has 0 aromatic heterocycles. The first kappa shape index (κ1) is 124. The summed E-state index contributed by atoms with van der Waals surface area (Å²) in [5.41, 5.74) is 0. The molecule has 0 aliphatic heterocycles. The zero-order valence-corrected chi connectivity index (χ0v) is 16.7. The molecule has 0 aliphatic carbocycles. The summed E-state index contributed by atoms with van der Waals surface area (Å²) in [7, 11) is 0. The Morgan fingerprint density at radius 1 is 0.538 bits per heavy atom. The predicted molar refractivity (Wildman–Crippen MR) is 74.4 cm³/mol. The van der Waals surface area contributed by atoms with Gasteiger partial charge < -0.3 is 94.1 Å². The maximum Gasteiger partial charge on any atom is 4.00 e. The molecule has 0 rings (SSSR count). The first-order chi connectivity index (χ1) is 2.00. The average Bonchev–Trinajstić information content (AvgIpc) is 1.50. The number of rotatable bonds is 0. The Balaban J connectivity index is -0.000000000404. The molecule has 0 fully saturated rings. The van der Waals surface area contributed by atoms with E-state index in [-0.39, 0.29) is 124 Å². The van der Waals surface area contributed by atoms with E-state index in [2.05, 4.69) is 25.3 Å². The van der Waals surface area contributed by atoms with Gasteiger partial charge in [0.15, 0.2) is 0 Å². The van der Waals surface area contributed by atoms with Gasteiger partial charge in [-0.25, -0.2) is 0 Å². The summed E-state index contributed by atoms with van der Waals surface area (Å²) in [5.74, 6) is 0. The Hall–Kier alpha value is 3.83. The summed E-state index contributed by atoms with van der Waals surface area (Å²) in [5, 5.41) is 0. The summed E-state index contributed by atoms with van der Waals surface area (Å²) in [6.45, 7) is 0. The van der Waals surface area contributed by atoms with Gasteiger partial charge in [-0.2, -0.15) is 12.5 Å². The van der Waals surface area contributed by atoms with Gasteiger partial charge in [-0.05, 0) is 0 Å². The molecule has 0 bridgehead atoms. The van der Waals surface area contributed by atoms with Crippen LogP contribution in [0.1, 0.15) is 0 Å². The van der Waals surface area contributed by atoms with Gasteiger partial charge in [0.25, 0.3) is 0 Å². The maximum atomic E-state index is 4.08. The molecule has 0 aliphatic rings. The molecular weight excluding hydrogens is 463 g/mol. The van der Waals surface area contributed by atoms with Gasteiger partial charge in [0, 0.05) is 0 Å². The topological polar surface area (TPSA) is 0 Å². The smallest absolute Gasteiger partial charge is 0.813 e. The third-order valence-corrected chi connectivity index (χ3v) is 0. The molecule has 0 atom stereocenters. The van der Waals surface area contributed by atoms with Crippen molar-refractivity contribution in [1.29, 1.82) is 0 Å². The van der Waals surface area contributed by atoms with Crippen molar-refractivity contribution in [1.82, 2.24) is 0 Å². The minimum absolute atomic E-state index is 0. The largest absolute Gasteiger partial charge is 4.00 e. The molecule has 96 valence electrons. The molecule has 2 radical (unpaired) electrons. The monoisotopic (exact) mass is 480 g/mol. The van der Waals surface area contributed by atoms with Crippen molar-refractivity contribution in [2.75, 3.05) is 12.5 Å². The van der Waals surface area contributed by atoms with Gasteiger partial charge in [0.1, 0.15) is 0 Å². The van der Waals surface area contributed by atoms with E-state index in [4.69, 9.17) is 0 Å². The van der Waals surface area contributed by atoms with Gasteiger partial charge in [0.05, 0.1) is 0 Å². The van der Waals surface area contributed by atoms with Gasteiger partial charge >= 0.3 is 55.2 Å². The second-order valence-electron chi connectivity index (χ2n) is 0. The number of hydrogen-bond donors (Lipinski definition) is 0.